The standard InChI is InChI=1S/C20H21N3O2S/c1-2-3-12-23-18(21-20(26)22-23)13-14-8-10-15(11-9-14)16-6-4-5-7-17(16)19(24)25/h4-11H,2-3,12-13H2,1H3,(H,22,26)(H,24,25). The van der Waals surface area contributed by atoms with E-state index in [2.05, 4.69) is 17.0 Å². The van der Waals surface area contributed by atoms with Crippen molar-refractivity contribution in [3.63, 3.8) is 0 Å². The van der Waals surface area contributed by atoms with Crippen molar-refractivity contribution in [2.45, 2.75) is 32.7 Å². The molecule has 1 aromatic heterocycles. The van der Waals surface area contributed by atoms with Gasteiger partial charge in [0.15, 0.2) is 0 Å². The quantitative estimate of drug-likeness (QED) is 0.594. The molecular weight excluding hydrogens is 346 g/mol. The van der Waals surface area contributed by atoms with E-state index < -0.39 is 5.97 Å². The predicted molar refractivity (Wildman–Crippen MR) is 104 cm³/mol. The molecule has 0 fully saturated rings. The summed E-state index contributed by atoms with van der Waals surface area (Å²) in [4.78, 5) is 15.8. The molecule has 2 aromatic carbocycles. The summed E-state index contributed by atoms with van der Waals surface area (Å²) in [6.07, 6.45) is 2.85. The lowest BCUT2D eigenvalue weighted by Gasteiger charge is -2.09. The van der Waals surface area contributed by atoms with Crippen LogP contribution in [0.4, 0.5) is 0 Å². The number of carbonyl (C=O) groups is 1. The van der Waals surface area contributed by atoms with Gasteiger partial charge < -0.3 is 5.11 Å². The van der Waals surface area contributed by atoms with Crippen molar-refractivity contribution in [2.75, 3.05) is 0 Å². The van der Waals surface area contributed by atoms with Crippen molar-refractivity contribution in [3.05, 3.63) is 70.3 Å². The summed E-state index contributed by atoms with van der Waals surface area (Å²) in [5.74, 6) is -0.00160. The van der Waals surface area contributed by atoms with Gasteiger partial charge in [0.1, 0.15) is 5.82 Å². The fourth-order valence-corrected chi connectivity index (χ4v) is 3.14. The number of rotatable bonds is 7. The molecule has 0 aliphatic rings. The SMILES string of the molecule is CCCCn1[nH]c(=S)nc1Cc1ccc(-c2ccccc2C(=O)O)cc1. The fourth-order valence-electron chi connectivity index (χ4n) is 2.92. The van der Waals surface area contributed by atoms with Gasteiger partial charge in [-0.15, -0.1) is 0 Å². The van der Waals surface area contributed by atoms with E-state index >= 15 is 0 Å². The van der Waals surface area contributed by atoms with Crippen LogP contribution in [0.1, 0.15) is 41.5 Å². The van der Waals surface area contributed by atoms with Gasteiger partial charge in [0.2, 0.25) is 4.77 Å². The van der Waals surface area contributed by atoms with Crippen molar-refractivity contribution in [2.24, 2.45) is 0 Å². The molecule has 134 valence electrons. The lowest BCUT2D eigenvalue weighted by molar-refractivity contribution is 0.0697. The average Bonchev–Trinajstić information content (AvgIpc) is 2.99. The molecule has 3 rings (SSSR count). The molecule has 0 aliphatic carbocycles. The van der Waals surface area contributed by atoms with E-state index in [1.54, 1.807) is 12.1 Å². The van der Waals surface area contributed by atoms with E-state index in [0.717, 1.165) is 41.9 Å². The highest BCUT2D eigenvalue weighted by atomic mass is 32.1. The van der Waals surface area contributed by atoms with Crippen molar-refractivity contribution in [3.8, 4) is 11.1 Å². The van der Waals surface area contributed by atoms with Crippen LogP contribution in [-0.4, -0.2) is 25.8 Å². The Balaban J connectivity index is 1.83. The first-order valence-electron chi connectivity index (χ1n) is 8.66. The first kappa shape index (κ1) is 18.1. The number of carboxylic acids is 1. The molecule has 2 N–H and O–H groups in total. The average molecular weight is 367 g/mol. The lowest BCUT2D eigenvalue weighted by Crippen LogP contribution is -2.06. The maximum atomic E-state index is 11.4. The molecule has 0 bridgehead atoms. The van der Waals surface area contributed by atoms with Gasteiger partial charge in [0.05, 0.1) is 5.56 Å². The minimum Gasteiger partial charge on any atom is -0.478 e. The molecule has 0 saturated carbocycles. The van der Waals surface area contributed by atoms with E-state index in [0.29, 0.717) is 16.8 Å². The molecule has 0 atom stereocenters. The number of hydrogen-bond donors (Lipinski definition) is 2. The normalized spacial score (nSPS) is 10.8. The Hall–Kier alpha value is -2.73. The summed E-state index contributed by atoms with van der Waals surface area (Å²) in [5.41, 5.74) is 3.02. The highest BCUT2D eigenvalue weighted by molar-refractivity contribution is 7.71. The fraction of sp³-hybridized carbons (Fsp3) is 0.250. The third-order valence-corrected chi connectivity index (χ3v) is 4.48. The Bertz CT molecular complexity index is 958. The molecule has 26 heavy (non-hydrogen) atoms. The third kappa shape index (κ3) is 4.08. The van der Waals surface area contributed by atoms with Gasteiger partial charge in [0, 0.05) is 13.0 Å². The molecule has 3 aromatic rings. The maximum Gasteiger partial charge on any atom is 0.336 e. The maximum absolute atomic E-state index is 11.4. The zero-order valence-corrected chi connectivity index (χ0v) is 15.4. The Kier molecular flexibility index (Phi) is 5.63. The summed E-state index contributed by atoms with van der Waals surface area (Å²) in [5, 5.41) is 12.5. The monoisotopic (exact) mass is 367 g/mol. The van der Waals surface area contributed by atoms with Crippen LogP contribution in [0.2, 0.25) is 0 Å². The molecule has 0 unspecified atom stereocenters. The summed E-state index contributed by atoms with van der Waals surface area (Å²) in [6, 6.07) is 15.0. The number of benzene rings is 2. The number of aromatic nitrogens is 3. The summed E-state index contributed by atoms with van der Waals surface area (Å²) in [7, 11) is 0. The van der Waals surface area contributed by atoms with Crippen LogP contribution in [0.5, 0.6) is 0 Å². The van der Waals surface area contributed by atoms with Gasteiger partial charge in [0.25, 0.3) is 0 Å². The second-order valence-corrected chi connectivity index (χ2v) is 6.56. The third-order valence-electron chi connectivity index (χ3n) is 4.29. The highest BCUT2D eigenvalue weighted by Crippen LogP contribution is 2.24. The molecular formula is C20H21N3O2S. The first-order chi connectivity index (χ1) is 12.6. The zero-order chi connectivity index (χ0) is 18.5. The molecule has 0 saturated heterocycles. The second-order valence-electron chi connectivity index (χ2n) is 6.17. The van der Waals surface area contributed by atoms with Crippen LogP contribution in [-0.2, 0) is 13.0 Å². The Labute approximate surface area is 157 Å². The van der Waals surface area contributed by atoms with Crippen molar-refractivity contribution in [1.82, 2.24) is 14.8 Å². The molecule has 0 amide bonds. The molecule has 0 radical (unpaired) electrons. The van der Waals surface area contributed by atoms with E-state index in [1.165, 1.54) is 0 Å². The summed E-state index contributed by atoms with van der Waals surface area (Å²) >= 11 is 5.17. The number of unbranched alkanes of at least 4 members (excludes halogenated alkanes) is 1. The first-order valence-corrected chi connectivity index (χ1v) is 9.06. The summed E-state index contributed by atoms with van der Waals surface area (Å²) in [6.45, 7) is 3.03. The van der Waals surface area contributed by atoms with Crippen LogP contribution < -0.4 is 0 Å². The number of hydrogen-bond acceptors (Lipinski definition) is 3. The highest BCUT2D eigenvalue weighted by Gasteiger charge is 2.11. The number of aromatic amines is 1. The largest absolute Gasteiger partial charge is 0.478 e. The number of aromatic carboxylic acids is 1. The van der Waals surface area contributed by atoms with Crippen LogP contribution in [0.15, 0.2) is 48.5 Å². The van der Waals surface area contributed by atoms with Crippen molar-refractivity contribution < 1.29 is 9.90 Å². The number of carboxylic acid groups (broad SMARTS) is 1. The van der Waals surface area contributed by atoms with E-state index in [9.17, 15) is 9.90 Å². The Morgan fingerprint density at radius 2 is 1.92 bits per heavy atom. The van der Waals surface area contributed by atoms with Gasteiger partial charge in [-0.1, -0.05) is 55.8 Å². The van der Waals surface area contributed by atoms with Crippen molar-refractivity contribution in [1.29, 1.82) is 0 Å². The number of nitrogens with zero attached hydrogens (tertiary/aromatic N) is 2. The Morgan fingerprint density at radius 1 is 1.19 bits per heavy atom. The van der Waals surface area contributed by atoms with E-state index in [-0.39, 0.29) is 0 Å². The van der Waals surface area contributed by atoms with E-state index in [1.807, 2.05) is 41.1 Å². The van der Waals surface area contributed by atoms with Crippen LogP contribution in [0.3, 0.4) is 0 Å². The van der Waals surface area contributed by atoms with Crippen molar-refractivity contribution >= 4 is 18.2 Å². The predicted octanol–water partition coefficient (Wildman–Crippen LogP) is 4.70. The van der Waals surface area contributed by atoms with Gasteiger partial charge in [-0.05, 0) is 41.4 Å². The number of H-pyrrole nitrogens is 1. The molecule has 0 spiro atoms. The van der Waals surface area contributed by atoms with Crippen LogP contribution in [0, 0.1) is 4.77 Å². The zero-order valence-electron chi connectivity index (χ0n) is 14.6. The van der Waals surface area contributed by atoms with Gasteiger partial charge in [-0.25, -0.2) is 9.78 Å². The number of nitrogens with one attached hydrogen (secondary N) is 1. The van der Waals surface area contributed by atoms with Crippen LogP contribution in [0.25, 0.3) is 11.1 Å². The smallest absolute Gasteiger partial charge is 0.336 e. The number of aryl methyl sites for hydroxylation is 1. The second kappa shape index (κ2) is 8.10. The summed E-state index contributed by atoms with van der Waals surface area (Å²) < 4.78 is 2.52. The molecule has 1 heterocycles. The van der Waals surface area contributed by atoms with E-state index in [4.69, 9.17) is 12.2 Å². The molecule has 0 aliphatic heterocycles. The Morgan fingerprint density at radius 3 is 2.62 bits per heavy atom. The van der Waals surface area contributed by atoms with Gasteiger partial charge in [-0.3, -0.25) is 9.78 Å². The van der Waals surface area contributed by atoms with Gasteiger partial charge in [-0.2, -0.15) is 0 Å². The minimum atomic E-state index is -0.920. The molecule has 6 heteroatoms. The molecule has 5 nitrogen and oxygen atoms in total. The van der Waals surface area contributed by atoms with Crippen LogP contribution >= 0.6 is 12.2 Å². The minimum absolute atomic E-state index is 0.306. The topological polar surface area (TPSA) is 70.9 Å². The van der Waals surface area contributed by atoms with Gasteiger partial charge >= 0.3 is 5.97 Å². The lowest BCUT2D eigenvalue weighted by atomic mass is 9.98.